The van der Waals surface area contributed by atoms with Crippen LogP contribution in [0.3, 0.4) is 0 Å². The van der Waals surface area contributed by atoms with E-state index >= 15 is 0 Å². The molecule has 0 N–H and O–H groups in total. The molecule has 0 aliphatic carbocycles. The third kappa shape index (κ3) is 2.88. The van der Waals surface area contributed by atoms with Crippen molar-refractivity contribution in [1.29, 1.82) is 5.26 Å². The Balaban J connectivity index is 1.60. The summed E-state index contributed by atoms with van der Waals surface area (Å²) in [6.07, 6.45) is -3.17. The summed E-state index contributed by atoms with van der Waals surface area (Å²) in [7, 11) is 3.29. The third-order valence-corrected chi connectivity index (χ3v) is 7.33. The van der Waals surface area contributed by atoms with Gasteiger partial charge in [-0.25, -0.2) is 0 Å². The van der Waals surface area contributed by atoms with E-state index in [1.165, 1.54) is 15.9 Å². The van der Waals surface area contributed by atoms with Crippen molar-refractivity contribution < 1.29 is 32.2 Å². The molecule has 0 saturated carbocycles. The molecule has 33 heavy (non-hydrogen) atoms. The summed E-state index contributed by atoms with van der Waals surface area (Å²) in [5.74, 6) is -1.63. The molecule has 174 valence electrons. The highest BCUT2D eigenvalue weighted by Crippen LogP contribution is 2.67. The molecular weight excluding hydrogens is 439 g/mol. The average molecular weight is 461 g/mol. The predicted octanol–water partition coefficient (Wildman–Crippen LogP) is 2.85. The van der Waals surface area contributed by atoms with Crippen molar-refractivity contribution in [3.05, 3.63) is 41.0 Å². The molecule has 4 fully saturated rings. The second kappa shape index (κ2) is 6.81. The Morgan fingerprint density at radius 1 is 1.36 bits per heavy atom. The number of nitrogens with zero attached hydrogens (tertiary/aromatic N) is 3. The quantitative estimate of drug-likeness (QED) is 0.633. The van der Waals surface area contributed by atoms with Crippen molar-refractivity contribution in [2.45, 2.75) is 43.4 Å². The average Bonchev–Trinajstić information content (AvgIpc) is 3.30. The van der Waals surface area contributed by atoms with E-state index in [9.17, 15) is 22.8 Å². The summed E-state index contributed by atoms with van der Waals surface area (Å²) < 4.78 is 53.1. The zero-order chi connectivity index (χ0) is 23.9. The summed E-state index contributed by atoms with van der Waals surface area (Å²) >= 11 is 0. The Bertz CT molecular complexity index is 1140. The summed E-state index contributed by atoms with van der Waals surface area (Å²) in [6.45, 7) is 2.04. The second-order valence-electron chi connectivity index (χ2n) is 9.45. The van der Waals surface area contributed by atoms with Gasteiger partial charge in [-0.2, -0.15) is 18.4 Å². The third-order valence-electron chi connectivity index (χ3n) is 7.33. The Morgan fingerprint density at radius 2 is 2.09 bits per heavy atom. The van der Waals surface area contributed by atoms with Gasteiger partial charge in [-0.15, -0.1) is 0 Å². The minimum atomic E-state index is -4.75. The standard InChI is InChI=1S/C23H22F3N3O4/c1-21-10-13(8-16(30)28(2)3)22(33-21)6-7-32-20-18(22)17(21)19(31)29(20)14-5-4-12(11-27)15(9-14)23(24,25)26/h4-5,8-9,17-18,20H,6-7,10H2,1-3H3/b13-8+/t17-,18+,20+,21-,22+/m1/s1. The fourth-order valence-electron chi connectivity index (χ4n) is 6.02. The molecule has 7 nitrogen and oxygen atoms in total. The van der Waals surface area contributed by atoms with Crippen LogP contribution in [0.4, 0.5) is 18.9 Å². The first kappa shape index (κ1) is 21.9. The van der Waals surface area contributed by atoms with E-state index in [2.05, 4.69) is 0 Å². The highest BCUT2D eigenvalue weighted by molar-refractivity contribution is 6.00. The van der Waals surface area contributed by atoms with Gasteiger partial charge in [0.05, 0.1) is 41.2 Å². The lowest BCUT2D eigenvalue weighted by Gasteiger charge is -2.43. The lowest BCUT2D eigenvalue weighted by Crippen LogP contribution is -2.52. The minimum absolute atomic E-state index is 0.0284. The Hall–Kier alpha value is -2.90. The van der Waals surface area contributed by atoms with Crippen molar-refractivity contribution in [2.75, 3.05) is 25.6 Å². The molecule has 10 heteroatoms. The smallest absolute Gasteiger partial charge is 0.363 e. The molecule has 5 rings (SSSR count). The van der Waals surface area contributed by atoms with Crippen LogP contribution in [0.2, 0.25) is 0 Å². The molecule has 4 saturated heterocycles. The van der Waals surface area contributed by atoms with Gasteiger partial charge in [-0.3, -0.25) is 14.5 Å². The van der Waals surface area contributed by atoms with E-state index < -0.39 is 46.6 Å². The van der Waals surface area contributed by atoms with Gasteiger partial charge in [0, 0.05) is 38.7 Å². The minimum Gasteiger partial charge on any atom is -0.363 e. The Morgan fingerprint density at radius 3 is 2.73 bits per heavy atom. The van der Waals surface area contributed by atoms with E-state index in [4.69, 9.17) is 14.7 Å². The van der Waals surface area contributed by atoms with Gasteiger partial charge in [-0.05, 0) is 30.7 Å². The first-order valence-corrected chi connectivity index (χ1v) is 10.6. The maximum Gasteiger partial charge on any atom is 0.417 e. The van der Waals surface area contributed by atoms with Gasteiger partial charge >= 0.3 is 6.18 Å². The van der Waals surface area contributed by atoms with Gasteiger partial charge in [0.2, 0.25) is 11.8 Å². The number of halogens is 3. The van der Waals surface area contributed by atoms with E-state index in [-0.39, 0.29) is 24.1 Å². The van der Waals surface area contributed by atoms with Gasteiger partial charge < -0.3 is 14.4 Å². The molecule has 4 heterocycles. The topological polar surface area (TPSA) is 82.9 Å². The number of amides is 2. The number of benzene rings is 1. The number of alkyl halides is 3. The predicted molar refractivity (Wildman–Crippen MR) is 109 cm³/mol. The molecule has 4 aliphatic heterocycles. The number of rotatable bonds is 2. The molecule has 1 spiro atoms. The van der Waals surface area contributed by atoms with Crippen LogP contribution < -0.4 is 4.90 Å². The first-order valence-electron chi connectivity index (χ1n) is 10.6. The van der Waals surface area contributed by atoms with Crippen LogP contribution >= 0.6 is 0 Å². The van der Waals surface area contributed by atoms with Gasteiger partial charge in [0.25, 0.3) is 0 Å². The van der Waals surface area contributed by atoms with Crippen LogP contribution in [0.1, 0.15) is 30.9 Å². The summed E-state index contributed by atoms with van der Waals surface area (Å²) in [5, 5.41) is 9.11. The number of carbonyl (C=O) groups is 2. The van der Waals surface area contributed by atoms with Gasteiger partial charge in [0.15, 0.2) is 0 Å². The monoisotopic (exact) mass is 461 g/mol. The van der Waals surface area contributed by atoms with Crippen molar-refractivity contribution in [3.63, 3.8) is 0 Å². The lowest BCUT2D eigenvalue weighted by molar-refractivity contribution is -0.138. The number of carbonyl (C=O) groups excluding carboxylic acids is 2. The zero-order valence-corrected chi connectivity index (χ0v) is 18.3. The first-order chi connectivity index (χ1) is 15.4. The van der Waals surface area contributed by atoms with Crippen LogP contribution in [0, 0.1) is 23.2 Å². The summed E-state index contributed by atoms with van der Waals surface area (Å²) in [5.41, 5.74) is -2.55. The van der Waals surface area contributed by atoms with Crippen LogP contribution in [0.5, 0.6) is 0 Å². The number of likely N-dealkylation sites (N-methyl/N-ethyl adjacent to an activating group) is 1. The van der Waals surface area contributed by atoms with Gasteiger partial charge in [0.1, 0.15) is 11.8 Å². The maximum absolute atomic E-state index is 13.6. The lowest BCUT2D eigenvalue weighted by atomic mass is 9.63. The number of ether oxygens (including phenoxy) is 2. The van der Waals surface area contributed by atoms with E-state index in [1.807, 2.05) is 6.92 Å². The van der Waals surface area contributed by atoms with Crippen LogP contribution in [0.15, 0.2) is 29.8 Å². The normalized spacial score (nSPS) is 35.7. The summed E-state index contributed by atoms with van der Waals surface area (Å²) in [4.78, 5) is 28.8. The van der Waals surface area contributed by atoms with Crippen molar-refractivity contribution in [2.24, 2.45) is 11.8 Å². The number of anilines is 1. The number of fused-ring (bicyclic) bond motifs is 2. The molecule has 2 amide bonds. The highest BCUT2D eigenvalue weighted by Gasteiger charge is 2.76. The number of hydrogen-bond acceptors (Lipinski definition) is 5. The van der Waals surface area contributed by atoms with Crippen LogP contribution in [0.25, 0.3) is 0 Å². The highest BCUT2D eigenvalue weighted by atomic mass is 19.4. The Kier molecular flexibility index (Phi) is 4.52. The second-order valence-corrected chi connectivity index (χ2v) is 9.45. The Labute approximate surface area is 188 Å². The molecule has 0 unspecified atom stereocenters. The molecule has 2 bridgehead atoms. The molecule has 0 aromatic heterocycles. The van der Waals surface area contributed by atoms with Gasteiger partial charge in [-0.1, -0.05) is 0 Å². The summed E-state index contributed by atoms with van der Waals surface area (Å²) in [6, 6.07) is 4.81. The number of nitriles is 1. The fourth-order valence-corrected chi connectivity index (χ4v) is 6.02. The molecule has 5 atom stereocenters. The van der Waals surface area contributed by atoms with E-state index in [0.717, 1.165) is 17.7 Å². The van der Waals surface area contributed by atoms with Crippen LogP contribution in [-0.4, -0.2) is 54.8 Å². The van der Waals surface area contributed by atoms with Crippen LogP contribution in [-0.2, 0) is 25.2 Å². The number of hydrogen-bond donors (Lipinski definition) is 0. The van der Waals surface area contributed by atoms with E-state index in [0.29, 0.717) is 12.8 Å². The van der Waals surface area contributed by atoms with Crippen molar-refractivity contribution >= 4 is 17.5 Å². The SMILES string of the molecule is CN(C)C(=O)/C=C1\C[C@@]2(C)O[C@@]13CCO[C@H]1[C@@H]3[C@@H]2C(=O)N1c1ccc(C#N)c(C(F)(F)F)c1. The van der Waals surface area contributed by atoms with Crippen molar-refractivity contribution in [3.8, 4) is 6.07 Å². The largest absolute Gasteiger partial charge is 0.417 e. The zero-order valence-electron chi connectivity index (χ0n) is 18.3. The molecule has 1 aromatic rings. The molecule has 1 aromatic carbocycles. The molecule has 4 aliphatic rings. The molecule has 0 radical (unpaired) electrons. The molecular formula is C23H22F3N3O4. The van der Waals surface area contributed by atoms with Crippen molar-refractivity contribution in [1.82, 2.24) is 4.90 Å². The van der Waals surface area contributed by atoms with E-state index in [1.54, 1.807) is 26.2 Å². The maximum atomic E-state index is 13.6. The fraction of sp³-hybridized carbons (Fsp3) is 0.522.